The van der Waals surface area contributed by atoms with Crippen molar-refractivity contribution in [3.8, 4) is 0 Å². The molecule has 1 aliphatic heterocycles. The molecule has 1 heterocycles. The number of carbonyl (C=O) groups is 1. The SMILES string of the molecule is CC(CO)C1CSCC1=O. The van der Waals surface area contributed by atoms with Crippen LogP contribution in [0.25, 0.3) is 0 Å². The first-order valence-corrected chi connectivity index (χ1v) is 4.62. The average Bonchev–Trinajstić information content (AvgIpc) is 2.34. The van der Waals surface area contributed by atoms with Crippen LogP contribution < -0.4 is 0 Å². The van der Waals surface area contributed by atoms with Gasteiger partial charge >= 0.3 is 0 Å². The fourth-order valence-corrected chi connectivity index (χ4v) is 2.40. The fraction of sp³-hybridized carbons (Fsp3) is 0.857. The van der Waals surface area contributed by atoms with E-state index in [1.165, 1.54) is 0 Å². The van der Waals surface area contributed by atoms with E-state index in [9.17, 15) is 4.79 Å². The maximum Gasteiger partial charge on any atom is 0.146 e. The van der Waals surface area contributed by atoms with Gasteiger partial charge in [-0.05, 0) is 5.92 Å². The summed E-state index contributed by atoms with van der Waals surface area (Å²) in [5, 5.41) is 8.75. The van der Waals surface area contributed by atoms with Crippen LogP contribution in [0.2, 0.25) is 0 Å². The van der Waals surface area contributed by atoms with Gasteiger partial charge in [0, 0.05) is 18.3 Å². The third-order valence-corrected chi connectivity index (χ3v) is 3.01. The highest BCUT2D eigenvalue weighted by molar-refractivity contribution is 8.00. The Bertz CT molecular complexity index is 136. The van der Waals surface area contributed by atoms with Gasteiger partial charge in [0.25, 0.3) is 0 Å². The lowest BCUT2D eigenvalue weighted by Gasteiger charge is -2.12. The van der Waals surface area contributed by atoms with Gasteiger partial charge in [-0.3, -0.25) is 4.79 Å². The van der Waals surface area contributed by atoms with Gasteiger partial charge in [0.2, 0.25) is 0 Å². The second-order valence-corrected chi connectivity index (χ2v) is 3.78. The minimum atomic E-state index is 0.120. The molecule has 1 fully saturated rings. The molecule has 2 unspecified atom stereocenters. The Labute approximate surface area is 65.0 Å². The monoisotopic (exact) mass is 160 g/mol. The largest absolute Gasteiger partial charge is 0.396 e. The van der Waals surface area contributed by atoms with Crippen LogP contribution in [-0.4, -0.2) is 29.0 Å². The highest BCUT2D eigenvalue weighted by Crippen LogP contribution is 2.26. The number of aliphatic hydroxyl groups excluding tert-OH is 1. The molecule has 2 atom stereocenters. The highest BCUT2D eigenvalue weighted by Gasteiger charge is 2.29. The normalized spacial score (nSPS) is 29.0. The van der Waals surface area contributed by atoms with Crippen LogP contribution in [0, 0.1) is 11.8 Å². The van der Waals surface area contributed by atoms with E-state index in [0.717, 1.165) is 5.75 Å². The third kappa shape index (κ3) is 1.52. The van der Waals surface area contributed by atoms with Crippen molar-refractivity contribution in [2.45, 2.75) is 6.92 Å². The summed E-state index contributed by atoms with van der Waals surface area (Å²) in [5.74, 6) is 2.14. The van der Waals surface area contributed by atoms with Gasteiger partial charge < -0.3 is 5.11 Å². The number of thioether (sulfide) groups is 1. The highest BCUT2D eigenvalue weighted by atomic mass is 32.2. The van der Waals surface area contributed by atoms with E-state index in [0.29, 0.717) is 11.5 Å². The zero-order chi connectivity index (χ0) is 7.56. The molecule has 0 aromatic rings. The lowest BCUT2D eigenvalue weighted by atomic mass is 9.94. The average molecular weight is 160 g/mol. The predicted octanol–water partition coefficient (Wildman–Crippen LogP) is 0.547. The Morgan fingerprint density at radius 2 is 2.60 bits per heavy atom. The molecule has 0 amide bonds. The Morgan fingerprint density at radius 1 is 1.90 bits per heavy atom. The van der Waals surface area contributed by atoms with Gasteiger partial charge in [-0.25, -0.2) is 0 Å². The number of carbonyl (C=O) groups excluding carboxylic acids is 1. The van der Waals surface area contributed by atoms with Gasteiger partial charge in [-0.15, -0.1) is 0 Å². The molecule has 3 heteroatoms. The molecule has 58 valence electrons. The van der Waals surface area contributed by atoms with Gasteiger partial charge in [0.15, 0.2) is 0 Å². The smallest absolute Gasteiger partial charge is 0.146 e. The van der Waals surface area contributed by atoms with Crippen LogP contribution in [0.5, 0.6) is 0 Å². The molecular formula is C7H12O2S. The minimum absolute atomic E-state index is 0.120. The summed E-state index contributed by atoms with van der Waals surface area (Å²) in [6.45, 7) is 2.06. The second-order valence-electron chi connectivity index (χ2n) is 2.75. The summed E-state index contributed by atoms with van der Waals surface area (Å²) < 4.78 is 0. The molecule has 0 saturated carbocycles. The first kappa shape index (κ1) is 8.08. The van der Waals surface area contributed by atoms with Gasteiger partial charge in [0.05, 0.1) is 5.75 Å². The Balaban J connectivity index is 2.46. The fourth-order valence-electron chi connectivity index (χ4n) is 1.10. The maximum absolute atomic E-state index is 11.0. The van der Waals surface area contributed by atoms with Crippen molar-refractivity contribution in [1.29, 1.82) is 0 Å². The van der Waals surface area contributed by atoms with E-state index in [4.69, 9.17) is 5.11 Å². The molecule has 1 saturated heterocycles. The standard InChI is InChI=1S/C7H12O2S/c1-5(2-8)6-3-10-4-7(6)9/h5-6,8H,2-4H2,1H3. The molecule has 10 heavy (non-hydrogen) atoms. The van der Waals surface area contributed by atoms with Gasteiger partial charge in [-0.1, -0.05) is 6.92 Å². The summed E-state index contributed by atoms with van der Waals surface area (Å²) in [6, 6.07) is 0. The molecule has 1 aliphatic rings. The quantitative estimate of drug-likeness (QED) is 0.641. The first-order valence-electron chi connectivity index (χ1n) is 3.47. The summed E-state index contributed by atoms with van der Waals surface area (Å²) in [4.78, 5) is 11.0. The Kier molecular flexibility index (Phi) is 2.74. The summed E-state index contributed by atoms with van der Waals surface area (Å²) in [6.07, 6.45) is 0. The van der Waals surface area contributed by atoms with Gasteiger partial charge in [0.1, 0.15) is 5.78 Å². The van der Waals surface area contributed by atoms with E-state index in [-0.39, 0.29) is 18.4 Å². The molecule has 0 aromatic heterocycles. The van der Waals surface area contributed by atoms with E-state index >= 15 is 0 Å². The maximum atomic E-state index is 11.0. The van der Waals surface area contributed by atoms with Crippen molar-refractivity contribution >= 4 is 17.5 Å². The van der Waals surface area contributed by atoms with Crippen LogP contribution in [0.4, 0.5) is 0 Å². The minimum Gasteiger partial charge on any atom is -0.396 e. The number of hydrogen-bond donors (Lipinski definition) is 1. The molecule has 0 aliphatic carbocycles. The third-order valence-electron chi connectivity index (χ3n) is 1.93. The Morgan fingerprint density at radius 3 is 3.00 bits per heavy atom. The molecule has 0 radical (unpaired) electrons. The number of hydrogen-bond acceptors (Lipinski definition) is 3. The number of rotatable bonds is 2. The summed E-state index contributed by atoms with van der Waals surface area (Å²) in [5.41, 5.74) is 0. The topological polar surface area (TPSA) is 37.3 Å². The summed E-state index contributed by atoms with van der Waals surface area (Å²) >= 11 is 1.67. The van der Waals surface area contributed by atoms with Crippen LogP contribution in [0.1, 0.15) is 6.92 Å². The van der Waals surface area contributed by atoms with Crippen molar-refractivity contribution in [3.63, 3.8) is 0 Å². The van der Waals surface area contributed by atoms with Crippen LogP contribution in [-0.2, 0) is 4.79 Å². The zero-order valence-electron chi connectivity index (χ0n) is 6.04. The molecular weight excluding hydrogens is 148 g/mol. The molecule has 2 nitrogen and oxygen atoms in total. The zero-order valence-corrected chi connectivity index (χ0v) is 6.86. The van der Waals surface area contributed by atoms with Crippen molar-refractivity contribution in [1.82, 2.24) is 0 Å². The van der Waals surface area contributed by atoms with E-state index in [1.54, 1.807) is 11.8 Å². The van der Waals surface area contributed by atoms with Crippen LogP contribution >= 0.6 is 11.8 Å². The van der Waals surface area contributed by atoms with Crippen molar-refractivity contribution in [3.05, 3.63) is 0 Å². The van der Waals surface area contributed by atoms with E-state index in [2.05, 4.69) is 0 Å². The first-order chi connectivity index (χ1) is 4.75. The van der Waals surface area contributed by atoms with Crippen LogP contribution in [0.15, 0.2) is 0 Å². The second kappa shape index (κ2) is 3.39. The molecule has 0 spiro atoms. The molecule has 1 rings (SSSR count). The number of Topliss-reactive ketones (excluding diaryl/α,β-unsaturated/α-hetero) is 1. The van der Waals surface area contributed by atoms with Crippen molar-refractivity contribution in [2.75, 3.05) is 18.1 Å². The molecule has 1 N–H and O–H groups in total. The van der Waals surface area contributed by atoms with Gasteiger partial charge in [-0.2, -0.15) is 11.8 Å². The van der Waals surface area contributed by atoms with Crippen molar-refractivity contribution < 1.29 is 9.90 Å². The van der Waals surface area contributed by atoms with E-state index in [1.807, 2.05) is 6.92 Å². The molecule has 0 aromatic carbocycles. The molecule has 0 bridgehead atoms. The predicted molar refractivity (Wildman–Crippen MR) is 42.1 cm³/mol. The number of ketones is 1. The summed E-state index contributed by atoms with van der Waals surface area (Å²) in [7, 11) is 0. The van der Waals surface area contributed by atoms with E-state index < -0.39 is 0 Å². The van der Waals surface area contributed by atoms with Crippen LogP contribution in [0.3, 0.4) is 0 Å². The number of aliphatic hydroxyl groups is 1. The van der Waals surface area contributed by atoms with Crippen molar-refractivity contribution in [2.24, 2.45) is 11.8 Å². The lowest BCUT2D eigenvalue weighted by molar-refractivity contribution is -0.120. The lowest BCUT2D eigenvalue weighted by Crippen LogP contribution is -2.22. The Hall–Kier alpha value is -0.0200.